The molecule has 3 N–H and O–H groups in total. The van der Waals surface area contributed by atoms with E-state index in [0.29, 0.717) is 5.82 Å². The van der Waals surface area contributed by atoms with E-state index in [1.165, 1.54) is 0 Å². The van der Waals surface area contributed by atoms with Gasteiger partial charge in [0.2, 0.25) is 5.91 Å². The largest absolute Gasteiger partial charge is 0.316 e. The molecule has 5 nitrogen and oxygen atoms in total. The Kier molecular flexibility index (Phi) is 4.18. The first-order valence-electron chi connectivity index (χ1n) is 7.45. The predicted octanol–water partition coefficient (Wildman–Crippen LogP) is 2.43. The SMILES string of the molecule is CCC1(C(=O)Nc2cc(C(C)(C)C)[nH]n2)CCCNC1. The van der Waals surface area contributed by atoms with Crippen LogP contribution >= 0.6 is 0 Å². The van der Waals surface area contributed by atoms with E-state index in [9.17, 15) is 4.79 Å². The Balaban J connectivity index is 2.09. The Morgan fingerprint density at radius 3 is 2.75 bits per heavy atom. The van der Waals surface area contributed by atoms with Crippen LogP contribution in [0.3, 0.4) is 0 Å². The number of hydrogen-bond donors (Lipinski definition) is 3. The molecule has 0 bridgehead atoms. The zero-order valence-corrected chi connectivity index (χ0v) is 13.0. The fourth-order valence-electron chi connectivity index (χ4n) is 2.64. The Morgan fingerprint density at radius 1 is 1.50 bits per heavy atom. The summed E-state index contributed by atoms with van der Waals surface area (Å²) < 4.78 is 0. The number of amides is 1. The Bertz CT molecular complexity index is 466. The quantitative estimate of drug-likeness (QED) is 0.795. The van der Waals surface area contributed by atoms with Gasteiger partial charge in [-0.15, -0.1) is 0 Å². The molecule has 1 amide bonds. The average Bonchev–Trinajstić information content (AvgIpc) is 2.88. The number of carbonyl (C=O) groups excluding carboxylic acids is 1. The summed E-state index contributed by atoms with van der Waals surface area (Å²) in [4.78, 5) is 12.6. The molecule has 0 aliphatic carbocycles. The molecule has 1 aromatic rings. The first-order chi connectivity index (χ1) is 9.37. The lowest BCUT2D eigenvalue weighted by Gasteiger charge is -2.35. The van der Waals surface area contributed by atoms with Gasteiger partial charge in [0.15, 0.2) is 5.82 Å². The number of nitrogens with one attached hydrogen (secondary N) is 3. The monoisotopic (exact) mass is 278 g/mol. The molecule has 2 rings (SSSR count). The summed E-state index contributed by atoms with van der Waals surface area (Å²) in [5, 5.41) is 13.5. The van der Waals surface area contributed by atoms with Crippen LogP contribution in [-0.2, 0) is 10.2 Å². The average molecular weight is 278 g/mol. The van der Waals surface area contributed by atoms with Crippen LogP contribution in [0, 0.1) is 5.41 Å². The Morgan fingerprint density at radius 2 is 2.25 bits per heavy atom. The Labute approximate surface area is 120 Å². The highest BCUT2D eigenvalue weighted by Gasteiger charge is 2.38. The molecule has 2 heterocycles. The fraction of sp³-hybridized carbons (Fsp3) is 0.733. The second-order valence-electron chi connectivity index (χ2n) is 6.79. The summed E-state index contributed by atoms with van der Waals surface area (Å²) in [6, 6.07) is 1.93. The molecule has 1 aromatic heterocycles. The highest BCUT2D eigenvalue weighted by atomic mass is 16.2. The van der Waals surface area contributed by atoms with Crippen LogP contribution in [0.15, 0.2) is 6.07 Å². The van der Waals surface area contributed by atoms with E-state index in [1.807, 2.05) is 6.07 Å². The van der Waals surface area contributed by atoms with E-state index < -0.39 is 0 Å². The van der Waals surface area contributed by atoms with Gasteiger partial charge in [0.25, 0.3) is 0 Å². The van der Waals surface area contributed by atoms with Gasteiger partial charge in [-0.25, -0.2) is 0 Å². The summed E-state index contributed by atoms with van der Waals surface area (Å²) >= 11 is 0. The molecule has 0 saturated carbocycles. The van der Waals surface area contributed by atoms with Gasteiger partial charge in [-0.1, -0.05) is 27.7 Å². The van der Waals surface area contributed by atoms with Crippen molar-refractivity contribution in [3.05, 3.63) is 11.8 Å². The van der Waals surface area contributed by atoms with Crippen LogP contribution in [0.2, 0.25) is 0 Å². The maximum absolute atomic E-state index is 12.6. The summed E-state index contributed by atoms with van der Waals surface area (Å²) in [5.74, 6) is 0.706. The maximum Gasteiger partial charge on any atom is 0.233 e. The van der Waals surface area contributed by atoms with E-state index in [1.54, 1.807) is 0 Å². The molecule has 112 valence electrons. The molecular formula is C15H26N4O. The lowest BCUT2D eigenvalue weighted by atomic mass is 9.77. The number of anilines is 1. The Hall–Kier alpha value is -1.36. The van der Waals surface area contributed by atoms with Gasteiger partial charge in [-0.2, -0.15) is 5.10 Å². The molecule has 1 saturated heterocycles. The topological polar surface area (TPSA) is 69.8 Å². The van der Waals surface area contributed by atoms with E-state index in [2.05, 4.69) is 48.5 Å². The van der Waals surface area contributed by atoms with Gasteiger partial charge in [-0.3, -0.25) is 9.89 Å². The number of aromatic amines is 1. The highest BCUT2D eigenvalue weighted by molar-refractivity contribution is 5.94. The maximum atomic E-state index is 12.6. The zero-order valence-electron chi connectivity index (χ0n) is 13.0. The molecule has 20 heavy (non-hydrogen) atoms. The van der Waals surface area contributed by atoms with Crippen LogP contribution in [0.5, 0.6) is 0 Å². The third-order valence-corrected chi connectivity index (χ3v) is 4.26. The lowest BCUT2D eigenvalue weighted by molar-refractivity contribution is -0.126. The molecule has 1 aliphatic heterocycles. The van der Waals surface area contributed by atoms with E-state index in [-0.39, 0.29) is 16.7 Å². The van der Waals surface area contributed by atoms with Crippen molar-refractivity contribution in [1.82, 2.24) is 15.5 Å². The van der Waals surface area contributed by atoms with Gasteiger partial charge in [0, 0.05) is 23.7 Å². The van der Waals surface area contributed by atoms with Crippen molar-refractivity contribution >= 4 is 11.7 Å². The van der Waals surface area contributed by atoms with Gasteiger partial charge in [-0.05, 0) is 25.8 Å². The van der Waals surface area contributed by atoms with Gasteiger partial charge in [0.1, 0.15) is 0 Å². The van der Waals surface area contributed by atoms with E-state index in [0.717, 1.165) is 38.0 Å². The van der Waals surface area contributed by atoms with Crippen molar-refractivity contribution in [2.75, 3.05) is 18.4 Å². The summed E-state index contributed by atoms with van der Waals surface area (Å²) in [6.07, 6.45) is 2.84. The molecule has 0 aromatic carbocycles. The van der Waals surface area contributed by atoms with Crippen LogP contribution in [-0.4, -0.2) is 29.2 Å². The smallest absolute Gasteiger partial charge is 0.233 e. The highest BCUT2D eigenvalue weighted by Crippen LogP contribution is 2.31. The van der Waals surface area contributed by atoms with Crippen LogP contribution in [0.25, 0.3) is 0 Å². The molecule has 0 radical (unpaired) electrons. The van der Waals surface area contributed by atoms with Crippen LogP contribution in [0.1, 0.15) is 52.7 Å². The number of nitrogens with zero attached hydrogens (tertiary/aromatic N) is 1. The first kappa shape index (κ1) is 15.0. The second kappa shape index (κ2) is 5.56. The lowest BCUT2D eigenvalue weighted by Crippen LogP contribution is -2.47. The molecule has 1 fully saturated rings. The predicted molar refractivity (Wildman–Crippen MR) is 80.7 cm³/mol. The van der Waals surface area contributed by atoms with Crippen molar-refractivity contribution in [1.29, 1.82) is 0 Å². The van der Waals surface area contributed by atoms with Crippen LogP contribution < -0.4 is 10.6 Å². The summed E-state index contributed by atoms with van der Waals surface area (Å²) in [6.45, 7) is 10.2. The van der Waals surface area contributed by atoms with Gasteiger partial charge >= 0.3 is 0 Å². The van der Waals surface area contributed by atoms with Gasteiger partial charge in [0.05, 0.1) is 5.41 Å². The number of carbonyl (C=O) groups is 1. The molecule has 1 unspecified atom stereocenters. The number of aromatic nitrogens is 2. The standard InChI is InChI=1S/C15H26N4O/c1-5-15(7-6-8-16-10-15)13(20)17-12-9-11(18-19-12)14(2,3)4/h9,16H,5-8,10H2,1-4H3,(H2,17,18,19,20). The molecular weight excluding hydrogens is 252 g/mol. The molecule has 5 heteroatoms. The van der Waals surface area contributed by atoms with Crippen molar-refractivity contribution in [2.24, 2.45) is 5.41 Å². The number of hydrogen-bond acceptors (Lipinski definition) is 3. The normalized spacial score (nSPS) is 23.6. The number of rotatable bonds is 3. The molecule has 0 spiro atoms. The van der Waals surface area contributed by atoms with Crippen molar-refractivity contribution in [3.8, 4) is 0 Å². The minimum atomic E-state index is -0.293. The van der Waals surface area contributed by atoms with Crippen molar-refractivity contribution < 1.29 is 4.79 Å². The van der Waals surface area contributed by atoms with Crippen molar-refractivity contribution in [3.63, 3.8) is 0 Å². The van der Waals surface area contributed by atoms with Crippen molar-refractivity contribution in [2.45, 2.75) is 52.4 Å². The second-order valence-corrected chi connectivity index (χ2v) is 6.79. The first-order valence-corrected chi connectivity index (χ1v) is 7.45. The molecule has 1 aliphatic rings. The third kappa shape index (κ3) is 3.03. The minimum Gasteiger partial charge on any atom is -0.316 e. The van der Waals surface area contributed by atoms with E-state index >= 15 is 0 Å². The zero-order chi connectivity index (χ0) is 14.8. The van der Waals surface area contributed by atoms with E-state index in [4.69, 9.17) is 0 Å². The summed E-state index contributed by atoms with van der Waals surface area (Å²) in [7, 11) is 0. The molecule has 1 atom stereocenters. The third-order valence-electron chi connectivity index (χ3n) is 4.26. The minimum absolute atomic E-state index is 0.00478. The number of piperidine rings is 1. The van der Waals surface area contributed by atoms with Gasteiger partial charge < -0.3 is 10.6 Å². The fourth-order valence-corrected chi connectivity index (χ4v) is 2.64. The van der Waals surface area contributed by atoms with Crippen LogP contribution in [0.4, 0.5) is 5.82 Å². The number of H-pyrrole nitrogens is 1. The summed E-state index contributed by atoms with van der Waals surface area (Å²) in [5.41, 5.74) is 0.740.